The molecule has 2 N–H and O–H groups in total. The predicted molar refractivity (Wildman–Crippen MR) is 81.6 cm³/mol. The quantitative estimate of drug-likeness (QED) is 0.597. The number of benzene rings is 1. The molecule has 2 rings (SSSR count). The zero-order valence-electron chi connectivity index (χ0n) is 12.4. The number of nitro benzene ring substituents is 1. The van der Waals surface area contributed by atoms with Crippen molar-refractivity contribution in [2.75, 3.05) is 18.4 Å². The molecule has 1 aliphatic rings. The van der Waals surface area contributed by atoms with Gasteiger partial charge in [-0.25, -0.2) is 0 Å². The summed E-state index contributed by atoms with van der Waals surface area (Å²) in [7, 11) is 0. The van der Waals surface area contributed by atoms with E-state index in [0.717, 1.165) is 19.3 Å². The molecule has 0 heterocycles. The number of nitro groups is 1. The Hall–Kier alpha value is -2.11. The van der Waals surface area contributed by atoms with Crippen LogP contribution in [-0.4, -0.2) is 23.9 Å². The summed E-state index contributed by atoms with van der Waals surface area (Å²) in [6, 6.07) is 4.32. The van der Waals surface area contributed by atoms with Crippen molar-refractivity contribution in [2.45, 2.75) is 33.1 Å². The zero-order valence-corrected chi connectivity index (χ0v) is 12.4. The van der Waals surface area contributed by atoms with Gasteiger partial charge in [0.2, 0.25) is 0 Å². The largest absolute Gasteiger partial charge is 0.385 e. The van der Waals surface area contributed by atoms with Gasteiger partial charge in [0, 0.05) is 30.9 Å². The Kier molecular flexibility index (Phi) is 4.45. The number of nitrogens with one attached hydrogen (secondary N) is 2. The molecule has 1 saturated carbocycles. The first kappa shape index (κ1) is 15.3. The highest BCUT2D eigenvalue weighted by atomic mass is 16.6. The molecule has 1 amide bonds. The van der Waals surface area contributed by atoms with Gasteiger partial charge in [-0.3, -0.25) is 14.9 Å². The Labute approximate surface area is 124 Å². The Morgan fingerprint density at radius 1 is 1.38 bits per heavy atom. The highest BCUT2D eigenvalue weighted by Gasteiger charge is 2.40. The first-order valence-electron chi connectivity index (χ1n) is 7.32. The van der Waals surface area contributed by atoms with Gasteiger partial charge >= 0.3 is 0 Å². The van der Waals surface area contributed by atoms with E-state index in [0.29, 0.717) is 24.3 Å². The van der Waals surface area contributed by atoms with Gasteiger partial charge in [-0.05, 0) is 37.7 Å². The third-order valence-corrected chi connectivity index (χ3v) is 4.16. The predicted octanol–water partition coefficient (Wildman–Crippen LogP) is 2.95. The van der Waals surface area contributed by atoms with E-state index in [1.807, 2.05) is 6.92 Å². The van der Waals surface area contributed by atoms with E-state index >= 15 is 0 Å². The first-order valence-corrected chi connectivity index (χ1v) is 7.32. The Morgan fingerprint density at radius 3 is 2.62 bits per heavy atom. The monoisotopic (exact) mass is 291 g/mol. The van der Waals surface area contributed by atoms with Crippen molar-refractivity contribution in [1.82, 2.24) is 5.32 Å². The number of hydrogen-bond donors (Lipinski definition) is 2. The van der Waals surface area contributed by atoms with Crippen LogP contribution >= 0.6 is 0 Å². The van der Waals surface area contributed by atoms with Gasteiger partial charge in [0.05, 0.1) is 10.5 Å². The maximum absolute atomic E-state index is 12.3. The molecule has 1 aromatic carbocycles. The zero-order chi connectivity index (χ0) is 15.5. The van der Waals surface area contributed by atoms with Crippen LogP contribution in [-0.2, 0) is 0 Å². The minimum atomic E-state index is -0.485. The van der Waals surface area contributed by atoms with Gasteiger partial charge in [0.15, 0.2) is 0 Å². The molecule has 0 bridgehead atoms. The second-order valence-corrected chi connectivity index (χ2v) is 5.55. The summed E-state index contributed by atoms with van der Waals surface area (Å²) < 4.78 is 0. The van der Waals surface area contributed by atoms with E-state index in [1.54, 1.807) is 6.07 Å². The second-order valence-electron chi connectivity index (χ2n) is 5.55. The number of amides is 1. The van der Waals surface area contributed by atoms with Crippen molar-refractivity contribution in [1.29, 1.82) is 0 Å². The molecule has 0 spiro atoms. The van der Waals surface area contributed by atoms with E-state index < -0.39 is 4.92 Å². The highest BCUT2D eigenvalue weighted by molar-refractivity contribution is 6.00. The van der Waals surface area contributed by atoms with Crippen LogP contribution in [0.25, 0.3) is 0 Å². The van der Waals surface area contributed by atoms with Crippen molar-refractivity contribution in [3.8, 4) is 0 Å². The molecule has 0 aliphatic heterocycles. The maximum atomic E-state index is 12.3. The van der Waals surface area contributed by atoms with Crippen molar-refractivity contribution in [3.63, 3.8) is 0 Å². The van der Waals surface area contributed by atoms with Gasteiger partial charge in [0.25, 0.3) is 11.6 Å². The Morgan fingerprint density at radius 2 is 2.10 bits per heavy atom. The van der Waals surface area contributed by atoms with Gasteiger partial charge in [-0.2, -0.15) is 0 Å². The lowest BCUT2D eigenvalue weighted by atomic mass is 10.0. The molecule has 6 heteroatoms. The smallest absolute Gasteiger partial charge is 0.270 e. The molecule has 0 radical (unpaired) electrons. The van der Waals surface area contributed by atoms with Crippen molar-refractivity contribution in [2.24, 2.45) is 5.41 Å². The van der Waals surface area contributed by atoms with Crippen molar-refractivity contribution in [3.05, 3.63) is 33.9 Å². The summed E-state index contributed by atoms with van der Waals surface area (Å²) in [4.78, 5) is 22.7. The van der Waals surface area contributed by atoms with E-state index in [9.17, 15) is 14.9 Å². The fourth-order valence-corrected chi connectivity index (χ4v) is 2.37. The van der Waals surface area contributed by atoms with Crippen LogP contribution in [0.4, 0.5) is 11.4 Å². The van der Waals surface area contributed by atoms with Crippen LogP contribution in [0.15, 0.2) is 18.2 Å². The highest BCUT2D eigenvalue weighted by Crippen LogP contribution is 2.47. The van der Waals surface area contributed by atoms with Crippen LogP contribution in [0.5, 0.6) is 0 Å². The Balaban J connectivity index is 2.16. The molecule has 1 aromatic rings. The topological polar surface area (TPSA) is 84.3 Å². The number of rotatable bonds is 7. The fourth-order valence-electron chi connectivity index (χ4n) is 2.37. The molecule has 0 aromatic heterocycles. The summed E-state index contributed by atoms with van der Waals surface area (Å²) in [6.45, 7) is 5.32. The summed E-state index contributed by atoms with van der Waals surface area (Å²) in [5.41, 5.74) is 1.13. The van der Waals surface area contributed by atoms with E-state index in [1.165, 1.54) is 12.1 Å². The molecule has 0 unspecified atom stereocenters. The number of non-ortho nitro benzene ring substituents is 1. The van der Waals surface area contributed by atoms with E-state index in [-0.39, 0.29) is 17.0 Å². The van der Waals surface area contributed by atoms with Gasteiger partial charge in [0.1, 0.15) is 0 Å². The second kappa shape index (κ2) is 6.11. The third kappa shape index (κ3) is 3.51. The molecule has 1 fully saturated rings. The minimum Gasteiger partial charge on any atom is -0.385 e. The number of carbonyl (C=O) groups excluding carboxylic acids is 1. The summed E-state index contributed by atoms with van der Waals surface area (Å²) in [5, 5.41) is 16.9. The molecule has 114 valence electrons. The maximum Gasteiger partial charge on any atom is 0.270 e. The van der Waals surface area contributed by atoms with Crippen LogP contribution in [0.1, 0.15) is 43.5 Å². The van der Waals surface area contributed by atoms with Crippen LogP contribution in [0.3, 0.4) is 0 Å². The van der Waals surface area contributed by atoms with Crippen molar-refractivity contribution >= 4 is 17.3 Å². The lowest BCUT2D eigenvalue weighted by molar-refractivity contribution is -0.384. The number of hydrogen-bond acceptors (Lipinski definition) is 4. The lowest BCUT2D eigenvalue weighted by Crippen LogP contribution is -2.30. The summed E-state index contributed by atoms with van der Waals surface area (Å²) in [5.74, 6) is -0.255. The normalized spacial score (nSPS) is 15.3. The lowest BCUT2D eigenvalue weighted by Gasteiger charge is -2.15. The number of nitrogens with zero attached hydrogens (tertiary/aromatic N) is 1. The Bertz CT molecular complexity index is 553. The molecule has 0 saturated heterocycles. The molecule has 1 aliphatic carbocycles. The molecule has 6 nitrogen and oxygen atoms in total. The standard InChI is InChI=1S/C15H21N3O3/c1-3-15(7-8-15)10-17-14(19)12-9-11(18(20)21)5-6-13(12)16-4-2/h5-6,9,16H,3-4,7-8,10H2,1-2H3,(H,17,19). The third-order valence-electron chi connectivity index (χ3n) is 4.16. The average Bonchev–Trinajstić information content (AvgIpc) is 3.26. The first-order chi connectivity index (χ1) is 10.0. The van der Waals surface area contributed by atoms with Crippen LogP contribution in [0, 0.1) is 15.5 Å². The van der Waals surface area contributed by atoms with Gasteiger partial charge in [-0.15, -0.1) is 0 Å². The SMILES string of the molecule is CCNc1ccc([N+](=O)[O-])cc1C(=O)NCC1(CC)CC1. The number of carbonyl (C=O) groups is 1. The van der Waals surface area contributed by atoms with Gasteiger partial charge in [-0.1, -0.05) is 6.92 Å². The molecular weight excluding hydrogens is 270 g/mol. The fraction of sp³-hybridized carbons (Fsp3) is 0.533. The molecule has 0 atom stereocenters. The van der Waals surface area contributed by atoms with Crippen LogP contribution in [0.2, 0.25) is 0 Å². The van der Waals surface area contributed by atoms with Crippen molar-refractivity contribution < 1.29 is 9.72 Å². The summed E-state index contributed by atoms with van der Waals surface area (Å²) in [6.07, 6.45) is 3.32. The average molecular weight is 291 g/mol. The number of anilines is 1. The van der Waals surface area contributed by atoms with Crippen LogP contribution < -0.4 is 10.6 Å². The van der Waals surface area contributed by atoms with Gasteiger partial charge < -0.3 is 10.6 Å². The minimum absolute atomic E-state index is 0.0709. The molecular formula is C15H21N3O3. The summed E-state index contributed by atoms with van der Waals surface area (Å²) >= 11 is 0. The van der Waals surface area contributed by atoms with E-state index in [2.05, 4.69) is 17.6 Å². The molecule has 21 heavy (non-hydrogen) atoms. The van der Waals surface area contributed by atoms with E-state index in [4.69, 9.17) is 0 Å².